The second-order valence-corrected chi connectivity index (χ2v) is 6.26. The average molecular weight is 307 g/mol. The highest BCUT2D eigenvalue weighted by Crippen LogP contribution is 2.35. The number of oxazole rings is 1. The number of halogens is 1. The molecule has 0 radical (unpaired) electrons. The van der Waals surface area contributed by atoms with E-state index in [-0.39, 0.29) is 6.04 Å². The van der Waals surface area contributed by atoms with Gasteiger partial charge in [0.25, 0.3) is 0 Å². The molecule has 0 saturated carbocycles. The zero-order valence-corrected chi connectivity index (χ0v) is 12.9. The Kier molecular flexibility index (Phi) is 3.78. The number of aromatic nitrogens is 1. The van der Waals surface area contributed by atoms with E-state index < -0.39 is 0 Å². The van der Waals surface area contributed by atoms with E-state index in [4.69, 9.17) is 16.0 Å². The topological polar surface area (TPSA) is 38.1 Å². The van der Waals surface area contributed by atoms with Crippen LogP contribution in [0.3, 0.4) is 0 Å². The lowest BCUT2D eigenvalue weighted by atomic mass is 10.2. The van der Waals surface area contributed by atoms with Crippen molar-refractivity contribution in [2.45, 2.75) is 26.4 Å². The number of fused-ring (bicyclic) bond motifs is 1. The van der Waals surface area contributed by atoms with Crippen LogP contribution in [-0.4, -0.2) is 4.98 Å². The maximum absolute atomic E-state index is 6.42. The molecule has 0 fully saturated rings. The van der Waals surface area contributed by atoms with Crippen molar-refractivity contribution in [2.75, 3.05) is 0 Å². The Hall–Kier alpha value is -1.36. The molecule has 3 rings (SSSR count). The first-order valence-electron chi connectivity index (χ1n) is 6.47. The van der Waals surface area contributed by atoms with Crippen molar-refractivity contribution in [3.63, 3.8) is 0 Å². The van der Waals surface area contributed by atoms with E-state index in [9.17, 15) is 0 Å². The second kappa shape index (κ2) is 5.56. The lowest BCUT2D eigenvalue weighted by molar-refractivity contribution is 0.403. The maximum Gasteiger partial charge on any atom is 0.211 e. The second-order valence-electron chi connectivity index (χ2n) is 4.75. The van der Waals surface area contributed by atoms with E-state index in [1.54, 1.807) is 17.5 Å². The number of nitrogens with zero attached hydrogens (tertiary/aromatic N) is 1. The van der Waals surface area contributed by atoms with Gasteiger partial charge in [0.1, 0.15) is 5.76 Å². The van der Waals surface area contributed by atoms with Crippen molar-refractivity contribution in [1.29, 1.82) is 0 Å². The third kappa shape index (κ3) is 2.59. The molecule has 5 heteroatoms. The predicted octanol–water partition coefficient (Wildman–Crippen LogP) is 4.70. The maximum atomic E-state index is 6.42. The standard InChI is InChI=1S/C15H15ClN2OS/c1-9-7-18-15(19-9)10(2)17-8-13-14(16)11-5-3-4-6-12(11)20-13/h3-7,10,17H,8H2,1-2H3. The average Bonchev–Trinajstić information content (AvgIpc) is 3.01. The van der Waals surface area contributed by atoms with Gasteiger partial charge in [-0.15, -0.1) is 11.3 Å². The molecule has 1 aromatic carbocycles. The molecule has 1 unspecified atom stereocenters. The highest BCUT2D eigenvalue weighted by molar-refractivity contribution is 7.19. The van der Waals surface area contributed by atoms with E-state index in [1.807, 2.05) is 26.0 Å². The van der Waals surface area contributed by atoms with E-state index in [2.05, 4.69) is 22.4 Å². The third-order valence-corrected chi connectivity index (χ3v) is 4.89. The number of aryl methyl sites for hydroxylation is 1. The summed E-state index contributed by atoms with van der Waals surface area (Å²) in [6, 6.07) is 8.25. The fourth-order valence-corrected chi connectivity index (χ4v) is 3.53. The molecule has 20 heavy (non-hydrogen) atoms. The summed E-state index contributed by atoms with van der Waals surface area (Å²) in [7, 11) is 0. The zero-order valence-electron chi connectivity index (χ0n) is 11.3. The Morgan fingerprint density at radius 1 is 1.40 bits per heavy atom. The fourth-order valence-electron chi connectivity index (χ4n) is 2.08. The van der Waals surface area contributed by atoms with Crippen molar-refractivity contribution in [3.05, 3.63) is 52.0 Å². The van der Waals surface area contributed by atoms with Gasteiger partial charge in [-0.2, -0.15) is 0 Å². The Morgan fingerprint density at radius 2 is 2.20 bits per heavy atom. The molecular weight excluding hydrogens is 292 g/mol. The number of rotatable bonds is 4. The summed E-state index contributed by atoms with van der Waals surface area (Å²) in [5.41, 5.74) is 0. The summed E-state index contributed by atoms with van der Waals surface area (Å²) in [4.78, 5) is 5.38. The van der Waals surface area contributed by atoms with Crippen LogP contribution in [0.25, 0.3) is 10.1 Å². The van der Waals surface area contributed by atoms with E-state index in [1.165, 1.54) is 4.70 Å². The largest absolute Gasteiger partial charge is 0.444 e. The molecule has 0 aliphatic rings. The third-order valence-electron chi connectivity index (χ3n) is 3.18. The predicted molar refractivity (Wildman–Crippen MR) is 83.3 cm³/mol. The van der Waals surface area contributed by atoms with Gasteiger partial charge in [-0.05, 0) is 19.9 Å². The van der Waals surface area contributed by atoms with Crippen LogP contribution in [-0.2, 0) is 6.54 Å². The molecule has 0 aliphatic carbocycles. The number of hydrogen-bond acceptors (Lipinski definition) is 4. The molecule has 1 atom stereocenters. The van der Waals surface area contributed by atoms with Crippen LogP contribution in [0.15, 0.2) is 34.9 Å². The van der Waals surface area contributed by atoms with Crippen LogP contribution in [0.5, 0.6) is 0 Å². The Bertz CT molecular complexity index is 734. The van der Waals surface area contributed by atoms with E-state index in [0.29, 0.717) is 12.4 Å². The normalized spacial score (nSPS) is 12.9. The van der Waals surface area contributed by atoms with Gasteiger partial charge in [-0.3, -0.25) is 0 Å². The monoisotopic (exact) mass is 306 g/mol. The Balaban J connectivity index is 1.75. The lowest BCUT2D eigenvalue weighted by Gasteiger charge is -2.09. The number of benzene rings is 1. The highest BCUT2D eigenvalue weighted by atomic mass is 35.5. The van der Waals surface area contributed by atoms with Crippen molar-refractivity contribution in [1.82, 2.24) is 10.3 Å². The first-order valence-corrected chi connectivity index (χ1v) is 7.66. The summed E-state index contributed by atoms with van der Waals surface area (Å²) in [5, 5.41) is 5.36. The van der Waals surface area contributed by atoms with Crippen LogP contribution in [0, 0.1) is 6.92 Å². The molecule has 1 N–H and O–H groups in total. The van der Waals surface area contributed by atoms with E-state index in [0.717, 1.165) is 21.0 Å². The molecule has 0 aliphatic heterocycles. The van der Waals surface area contributed by atoms with Gasteiger partial charge in [0, 0.05) is 21.5 Å². The summed E-state index contributed by atoms with van der Waals surface area (Å²) < 4.78 is 6.74. The van der Waals surface area contributed by atoms with Gasteiger partial charge >= 0.3 is 0 Å². The smallest absolute Gasteiger partial charge is 0.211 e. The fraction of sp³-hybridized carbons (Fsp3) is 0.267. The summed E-state index contributed by atoms with van der Waals surface area (Å²) in [6.07, 6.45) is 1.74. The molecule has 0 amide bonds. The minimum absolute atomic E-state index is 0.0602. The molecule has 0 saturated heterocycles. The van der Waals surface area contributed by atoms with Crippen molar-refractivity contribution in [2.24, 2.45) is 0 Å². The van der Waals surface area contributed by atoms with Gasteiger partial charge in [-0.1, -0.05) is 29.8 Å². The van der Waals surface area contributed by atoms with Crippen LogP contribution in [0.1, 0.15) is 29.5 Å². The zero-order chi connectivity index (χ0) is 14.1. The molecular formula is C15H15ClN2OS. The van der Waals surface area contributed by atoms with Crippen LogP contribution < -0.4 is 5.32 Å². The first-order chi connectivity index (χ1) is 9.65. The Morgan fingerprint density at radius 3 is 2.90 bits per heavy atom. The number of nitrogens with one attached hydrogen (secondary N) is 1. The van der Waals surface area contributed by atoms with Gasteiger partial charge in [0.15, 0.2) is 0 Å². The summed E-state index contributed by atoms with van der Waals surface area (Å²) in [6.45, 7) is 4.64. The first kappa shape index (κ1) is 13.6. The molecule has 0 bridgehead atoms. The SMILES string of the molecule is Cc1cnc(C(C)NCc2sc3ccccc3c2Cl)o1. The quantitative estimate of drug-likeness (QED) is 0.759. The number of thiophene rings is 1. The van der Waals surface area contributed by atoms with Crippen LogP contribution >= 0.6 is 22.9 Å². The Labute approximate surface area is 126 Å². The van der Waals surface area contributed by atoms with Crippen LogP contribution in [0.2, 0.25) is 5.02 Å². The molecule has 2 aromatic heterocycles. The number of hydrogen-bond donors (Lipinski definition) is 1. The summed E-state index contributed by atoms with van der Waals surface area (Å²) in [5.74, 6) is 1.54. The van der Waals surface area contributed by atoms with Crippen molar-refractivity contribution >= 4 is 33.0 Å². The minimum atomic E-state index is 0.0602. The molecule has 104 valence electrons. The van der Waals surface area contributed by atoms with E-state index >= 15 is 0 Å². The molecule has 2 heterocycles. The van der Waals surface area contributed by atoms with Gasteiger partial charge in [0.05, 0.1) is 17.3 Å². The molecule has 3 aromatic rings. The van der Waals surface area contributed by atoms with Gasteiger partial charge in [-0.25, -0.2) is 4.98 Å². The van der Waals surface area contributed by atoms with Crippen molar-refractivity contribution in [3.8, 4) is 0 Å². The van der Waals surface area contributed by atoms with Gasteiger partial charge < -0.3 is 9.73 Å². The lowest BCUT2D eigenvalue weighted by Crippen LogP contribution is -2.17. The molecule has 0 spiro atoms. The minimum Gasteiger partial charge on any atom is -0.444 e. The molecule has 3 nitrogen and oxygen atoms in total. The van der Waals surface area contributed by atoms with Crippen LogP contribution in [0.4, 0.5) is 0 Å². The van der Waals surface area contributed by atoms with Gasteiger partial charge in [0.2, 0.25) is 5.89 Å². The highest BCUT2D eigenvalue weighted by Gasteiger charge is 2.14. The van der Waals surface area contributed by atoms with Crippen molar-refractivity contribution < 1.29 is 4.42 Å². The summed E-state index contributed by atoms with van der Waals surface area (Å²) >= 11 is 8.14.